The summed E-state index contributed by atoms with van der Waals surface area (Å²) >= 11 is 0. The summed E-state index contributed by atoms with van der Waals surface area (Å²) in [5.41, 5.74) is 1.45. The van der Waals surface area contributed by atoms with Gasteiger partial charge in [-0.2, -0.15) is 13.2 Å². The Morgan fingerprint density at radius 1 is 1.28 bits per heavy atom. The summed E-state index contributed by atoms with van der Waals surface area (Å²) in [4.78, 5) is 12.3. The molecule has 1 aliphatic carbocycles. The number of rotatable bonds is 5. The average Bonchev–Trinajstić information content (AvgIpc) is 3.02. The zero-order valence-electron chi connectivity index (χ0n) is 15.9. The fourth-order valence-corrected chi connectivity index (χ4v) is 3.63. The fraction of sp³-hybridized carbons (Fsp3) is 0.381. The first kappa shape index (κ1) is 19.2. The zero-order chi connectivity index (χ0) is 20.6. The van der Waals surface area contributed by atoms with Crippen molar-refractivity contribution in [2.45, 2.75) is 44.9 Å². The molecule has 0 spiro atoms. The van der Waals surface area contributed by atoms with Crippen LogP contribution in [0.1, 0.15) is 37.3 Å². The van der Waals surface area contributed by atoms with Crippen molar-refractivity contribution in [3.8, 4) is 0 Å². The molecular formula is C21H20F3N5. The number of nitrogens with one attached hydrogen (secondary N) is 1. The summed E-state index contributed by atoms with van der Waals surface area (Å²) in [5, 5.41) is 3.44. The van der Waals surface area contributed by atoms with Crippen molar-refractivity contribution in [1.82, 2.24) is 14.5 Å². The third kappa shape index (κ3) is 3.90. The van der Waals surface area contributed by atoms with Crippen LogP contribution in [0.5, 0.6) is 0 Å². The number of alkyl halides is 3. The molecule has 5 nitrogen and oxygen atoms in total. The Hall–Kier alpha value is -3.08. The highest BCUT2D eigenvalue weighted by Crippen LogP contribution is 2.33. The monoisotopic (exact) mass is 399 g/mol. The van der Waals surface area contributed by atoms with Crippen LogP contribution in [0, 0.1) is 12.5 Å². The van der Waals surface area contributed by atoms with Crippen molar-refractivity contribution in [2.75, 3.05) is 5.32 Å². The van der Waals surface area contributed by atoms with E-state index in [0.29, 0.717) is 23.8 Å². The predicted molar refractivity (Wildman–Crippen MR) is 105 cm³/mol. The number of halogens is 3. The molecule has 1 fully saturated rings. The van der Waals surface area contributed by atoms with Gasteiger partial charge in [0.1, 0.15) is 5.52 Å². The van der Waals surface area contributed by atoms with Crippen LogP contribution in [0.25, 0.3) is 15.9 Å². The lowest BCUT2D eigenvalue weighted by atomic mass is 9.80. The van der Waals surface area contributed by atoms with Gasteiger partial charge in [0.2, 0.25) is 5.82 Å². The van der Waals surface area contributed by atoms with E-state index < -0.39 is 11.7 Å². The van der Waals surface area contributed by atoms with E-state index in [4.69, 9.17) is 6.57 Å². The maximum Gasteiger partial charge on any atom is 0.416 e. The van der Waals surface area contributed by atoms with E-state index in [-0.39, 0.29) is 11.9 Å². The van der Waals surface area contributed by atoms with E-state index in [0.717, 1.165) is 23.2 Å². The van der Waals surface area contributed by atoms with Crippen molar-refractivity contribution in [3.05, 3.63) is 59.2 Å². The molecule has 8 heteroatoms. The van der Waals surface area contributed by atoms with Gasteiger partial charge in [-0.05, 0) is 49.4 Å². The minimum atomic E-state index is -4.35. The molecule has 0 saturated heterocycles. The Morgan fingerprint density at radius 2 is 2.00 bits per heavy atom. The number of pyridine rings is 1. The molecule has 0 unspecified atom stereocenters. The van der Waals surface area contributed by atoms with Crippen LogP contribution >= 0.6 is 0 Å². The zero-order valence-corrected chi connectivity index (χ0v) is 15.9. The molecule has 2 aromatic heterocycles. The van der Waals surface area contributed by atoms with Gasteiger partial charge in [0.15, 0.2) is 0 Å². The summed E-state index contributed by atoms with van der Waals surface area (Å²) in [6, 6.07) is 6.96. The Kier molecular flexibility index (Phi) is 4.91. The van der Waals surface area contributed by atoms with Gasteiger partial charge in [-0.15, -0.1) is 4.98 Å². The number of hydrogen-bond acceptors (Lipinski definition) is 3. The third-order valence-electron chi connectivity index (χ3n) is 5.55. The van der Waals surface area contributed by atoms with Crippen LogP contribution < -0.4 is 5.32 Å². The second kappa shape index (κ2) is 7.39. The normalized spacial score (nSPS) is 15.7. The number of aromatic nitrogens is 3. The maximum atomic E-state index is 12.8. The molecule has 1 N–H and O–H groups in total. The standard InChI is InChI=1S/C21H20F3N5/c1-13(15-4-3-5-15)27-20-19-17(10-18(25-2)28-20)26-12-29(19)11-14-6-8-16(9-7-14)21(22,23)24/h6-10,12-13,15H,3-5,11H2,1H3,(H,27,28)/t13-/m1/s1. The molecule has 3 aromatic rings. The number of imidazole rings is 1. The van der Waals surface area contributed by atoms with E-state index in [1.165, 1.54) is 31.4 Å². The summed E-state index contributed by atoms with van der Waals surface area (Å²) < 4.78 is 40.2. The van der Waals surface area contributed by atoms with Gasteiger partial charge in [-0.3, -0.25) is 0 Å². The smallest absolute Gasteiger partial charge is 0.360 e. The quantitative estimate of drug-likeness (QED) is 0.564. The first-order chi connectivity index (χ1) is 13.8. The molecule has 4 rings (SSSR count). The Bertz CT molecular complexity index is 1060. The van der Waals surface area contributed by atoms with Crippen LogP contribution in [0.4, 0.5) is 24.8 Å². The second-order valence-electron chi connectivity index (χ2n) is 7.50. The Labute approximate surface area is 166 Å². The largest absolute Gasteiger partial charge is 0.416 e. The molecule has 29 heavy (non-hydrogen) atoms. The molecule has 0 aliphatic heterocycles. The minimum absolute atomic E-state index is 0.217. The highest BCUT2D eigenvalue weighted by Gasteiger charge is 2.30. The number of hydrogen-bond donors (Lipinski definition) is 1. The first-order valence-electron chi connectivity index (χ1n) is 9.51. The molecule has 0 radical (unpaired) electrons. The van der Waals surface area contributed by atoms with Crippen LogP contribution in [0.3, 0.4) is 0 Å². The van der Waals surface area contributed by atoms with E-state index in [1.807, 2.05) is 4.57 Å². The number of benzene rings is 1. The van der Waals surface area contributed by atoms with E-state index in [1.54, 1.807) is 12.4 Å². The molecule has 1 atom stereocenters. The molecule has 150 valence electrons. The maximum absolute atomic E-state index is 12.8. The van der Waals surface area contributed by atoms with Crippen molar-refractivity contribution >= 4 is 22.7 Å². The van der Waals surface area contributed by atoms with Gasteiger partial charge in [-0.25, -0.2) is 4.98 Å². The van der Waals surface area contributed by atoms with Gasteiger partial charge in [-0.1, -0.05) is 25.1 Å². The highest BCUT2D eigenvalue weighted by molar-refractivity contribution is 5.89. The number of anilines is 1. The third-order valence-corrected chi connectivity index (χ3v) is 5.55. The van der Waals surface area contributed by atoms with Crippen LogP contribution in [0.2, 0.25) is 0 Å². The minimum Gasteiger partial charge on any atom is -0.360 e. The lowest BCUT2D eigenvalue weighted by Crippen LogP contribution is -2.31. The van der Waals surface area contributed by atoms with E-state index in [9.17, 15) is 13.2 Å². The van der Waals surface area contributed by atoms with Gasteiger partial charge >= 0.3 is 6.18 Å². The number of fused-ring (bicyclic) bond motifs is 1. The second-order valence-corrected chi connectivity index (χ2v) is 7.50. The number of nitrogens with zero attached hydrogens (tertiary/aromatic N) is 4. The van der Waals surface area contributed by atoms with E-state index >= 15 is 0 Å². The lowest BCUT2D eigenvalue weighted by molar-refractivity contribution is -0.137. The average molecular weight is 399 g/mol. The Balaban J connectivity index is 1.66. The molecule has 1 saturated carbocycles. The van der Waals surface area contributed by atoms with Gasteiger partial charge in [0.25, 0.3) is 5.82 Å². The van der Waals surface area contributed by atoms with Crippen molar-refractivity contribution < 1.29 is 13.2 Å². The van der Waals surface area contributed by atoms with Crippen LogP contribution in [-0.2, 0) is 12.7 Å². The lowest BCUT2D eigenvalue weighted by Gasteiger charge is -2.31. The van der Waals surface area contributed by atoms with Gasteiger partial charge in [0.05, 0.1) is 17.4 Å². The molecule has 2 heterocycles. The van der Waals surface area contributed by atoms with E-state index in [2.05, 4.69) is 27.1 Å². The molecule has 0 bridgehead atoms. The molecule has 1 aromatic carbocycles. The molecule has 1 aliphatic rings. The first-order valence-corrected chi connectivity index (χ1v) is 9.51. The topological polar surface area (TPSA) is 47.1 Å². The highest BCUT2D eigenvalue weighted by atomic mass is 19.4. The fourth-order valence-electron chi connectivity index (χ4n) is 3.63. The van der Waals surface area contributed by atoms with Crippen molar-refractivity contribution in [1.29, 1.82) is 0 Å². The van der Waals surface area contributed by atoms with Crippen molar-refractivity contribution in [3.63, 3.8) is 0 Å². The Morgan fingerprint density at radius 3 is 2.59 bits per heavy atom. The van der Waals surface area contributed by atoms with Crippen molar-refractivity contribution in [2.24, 2.45) is 5.92 Å². The molecule has 0 amide bonds. The van der Waals surface area contributed by atoms with Gasteiger partial charge in [0, 0.05) is 12.6 Å². The molecular weight excluding hydrogens is 379 g/mol. The van der Waals surface area contributed by atoms with Crippen LogP contribution in [0.15, 0.2) is 36.7 Å². The predicted octanol–water partition coefficient (Wildman–Crippen LogP) is 5.65. The summed E-state index contributed by atoms with van der Waals surface area (Å²) in [6.45, 7) is 9.77. The summed E-state index contributed by atoms with van der Waals surface area (Å²) in [7, 11) is 0. The SMILES string of the molecule is [C-]#[N+]c1cc2ncn(Cc3ccc(C(F)(F)F)cc3)c2c(N[C@H](C)C2CCC2)n1. The summed E-state index contributed by atoms with van der Waals surface area (Å²) in [5.74, 6) is 1.44. The van der Waals surface area contributed by atoms with Gasteiger partial charge < -0.3 is 14.7 Å². The van der Waals surface area contributed by atoms with Crippen LogP contribution in [-0.4, -0.2) is 20.6 Å². The summed E-state index contributed by atoms with van der Waals surface area (Å²) in [6.07, 6.45) is 0.856.